The number of fused-ring (bicyclic) bond motifs is 2. The fraction of sp³-hybridized carbons (Fsp3) is 0.381. The Labute approximate surface area is 173 Å². The molecule has 1 aromatic carbocycles. The van der Waals surface area contributed by atoms with Crippen molar-refractivity contribution >= 4 is 34.0 Å². The van der Waals surface area contributed by atoms with Crippen LogP contribution in [0.1, 0.15) is 28.5 Å². The van der Waals surface area contributed by atoms with Gasteiger partial charge < -0.3 is 19.9 Å². The Hall–Kier alpha value is -3.05. The Morgan fingerprint density at radius 2 is 2.10 bits per heavy atom. The highest BCUT2D eigenvalue weighted by Crippen LogP contribution is 2.37. The van der Waals surface area contributed by atoms with Crippen LogP contribution in [0.4, 0.5) is 15.5 Å². The maximum absolute atomic E-state index is 12.7. The summed E-state index contributed by atoms with van der Waals surface area (Å²) in [5.74, 6) is -0.140. The van der Waals surface area contributed by atoms with Crippen molar-refractivity contribution in [2.24, 2.45) is 0 Å². The average molecular weight is 410 g/mol. The summed E-state index contributed by atoms with van der Waals surface area (Å²) in [6.07, 6.45) is 1.18. The maximum atomic E-state index is 12.7. The molecule has 2 aliphatic heterocycles. The predicted molar refractivity (Wildman–Crippen MR) is 111 cm³/mol. The lowest BCUT2D eigenvalue weighted by atomic mass is 10.0. The number of ether oxygens (including phenoxy) is 1. The lowest BCUT2D eigenvalue weighted by molar-refractivity contribution is -0.114. The molecule has 1 N–H and O–H groups in total. The molecule has 0 saturated heterocycles. The van der Waals surface area contributed by atoms with Gasteiger partial charge in [0.05, 0.1) is 25.3 Å². The SMILES string of the molecule is CCOC(=O)N1CCc2c(sc(NC(=O)CN3CCc4ccccc43)c2C#N)C1. The number of nitriles is 1. The van der Waals surface area contributed by atoms with Gasteiger partial charge in [-0.15, -0.1) is 11.3 Å². The van der Waals surface area contributed by atoms with Crippen molar-refractivity contribution in [2.75, 3.05) is 36.5 Å². The van der Waals surface area contributed by atoms with Crippen molar-refractivity contribution in [3.05, 3.63) is 45.8 Å². The zero-order valence-corrected chi connectivity index (χ0v) is 17.1. The quantitative estimate of drug-likeness (QED) is 0.837. The summed E-state index contributed by atoms with van der Waals surface area (Å²) in [6, 6.07) is 10.3. The van der Waals surface area contributed by atoms with Crippen molar-refractivity contribution in [3.8, 4) is 6.07 Å². The third kappa shape index (κ3) is 3.78. The van der Waals surface area contributed by atoms with Crippen LogP contribution in [-0.2, 0) is 28.9 Å². The molecule has 0 radical (unpaired) electrons. The Balaban J connectivity index is 1.47. The van der Waals surface area contributed by atoms with Gasteiger partial charge in [0.1, 0.15) is 11.1 Å². The van der Waals surface area contributed by atoms with Gasteiger partial charge >= 0.3 is 6.09 Å². The van der Waals surface area contributed by atoms with E-state index in [9.17, 15) is 14.9 Å². The van der Waals surface area contributed by atoms with Gasteiger partial charge in [-0.25, -0.2) is 4.79 Å². The number of hydrogen-bond donors (Lipinski definition) is 1. The second-order valence-electron chi connectivity index (χ2n) is 7.04. The molecular weight excluding hydrogens is 388 g/mol. The van der Waals surface area contributed by atoms with Crippen LogP contribution in [0.3, 0.4) is 0 Å². The van der Waals surface area contributed by atoms with Crippen LogP contribution < -0.4 is 10.2 Å². The molecule has 0 spiro atoms. The topological polar surface area (TPSA) is 85.7 Å². The predicted octanol–water partition coefficient (Wildman–Crippen LogP) is 3.14. The molecular formula is C21H22N4O3S. The average Bonchev–Trinajstić information content (AvgIpc) is 3.28. The number of rotatable bonds is 4. The van der Waals surface area contributed by atoms with Crippen molar-refractivity contribution in [1.82, 2.24) is 4.90 Å². The first-order valence-corrected chi connectivity index (χ1v) is 10.5. The van der Waals surface area contributed by atoms with Crippen LogP contribution in [0.25, 0.3) is 0 Å². The molecule has 2 aliphatic rings. The third-order valence-corrected chi connectivity index (χ3v) is 6.40. The number of nitrogens with zero attached hydrogens (tertiary/aromatic N) is 3. The number of anilines is 2. The molecule has 0 saturated carbocycles. The number of carbonyl (C=O) groups excluding carboxylic acids is 2. The molecule has 0 fully saturated rings. The molecule has 8 heteroatoms. The number of benzene rings is 1. The van der Waals surface area contributed by atoms with Crippen LogP contribution in [0.2, 0.25) is 0 Å². The zero-order valence-electron chi connectivity index (χ0n) is 16.2. The van der Waals surface area contributed by atoms with E-state index in [1.165, 1.54) is 16.9 Å². The van der Waals surface area contributed by atoms with Gasteiger partial charge in [0.15, 0.2) is 0 Å². The van der Waals surface area contributed by atoms with Gasteiger partial charge in [0.25, 0.3) is 0 Å². The van der Waals surface area contributed by atoms with Crippen LogP contribution in [0.15, 0.2) is 24.3 Å². The minimum atomic E-state index is -0.344. The molecule has 1 aromatic heterocycles. The molecule has 0 aliphatic carbocycles. The molecule has 150 valence electrons. The minimum absolute atomic E-state index is 0.140. The second-order valence-corrected chi connectivity index (χ2v) is 8.14. The lowest BCUT2D eigenvalue weighted by Gasteiger charge is -2.25. The van der Waals surface area contributed by atoms with E-state index < -0.39 is 0 Å². The van der Waals surface area contributed by atoms with Crippen molar-refractivity contribution in [2.45, 2.75) is 26.3 Å². The minimum Gasteiger partial charge on any atom is -0.450 e. The highest BCUT2D eigenvalue weighted by atomic mass is 32.1. The fourth-order valence-corrected chi connectivity index (χ4v) is 5.12. The fourth-order valence-electron chi connectivity index (χ4n) is 3.89. The lowest BCUT2D eigenvalue weighted by Crippen LogP contribution is -2.35. The first-order valence-electron chi connectivity index (χ1n) is 9.69. The second kappa shape index (κ2) is 8.13. The van der Waals surface area contributed by atoms with Crippen LogP contribution in [0.5, 0.6) is 0 Å². The Morgan fingerprint density at radius 1 is 1.28 bits per heavy atom. The Kier molecular flexibility index (Phi) is 5.41. The number of nitrogens with one attached hydrogen (secondary N) is 1. The monoisotopic (exact) mass is 410 g/mol. The van der Waals surface area contributed by atoms with E-state index in [1.54, 1.807) is 11.8 Å². The largest absolute Gasteiger partial charge is 0.450 e. The van der Waals surface area contributed by atoms with E-state index >= 15 is 0 Å². The first-order chi connectivity index (χ1) is 14.1. The summed E-state index contributed by atoms with van der Waals surface area (Å²) in [4.78, 5) is 29.3. The zero-order chi connectivity index (χ0) is 20.4. The number of amides is 2. The normalized spacial score (nSPS) is 14.8. The number of thiophene rings is 1. The van der Waals surface area contributed by atoms with E-state index in [4.69, 9.17) is 4.74 Å². The molecule has 2 aromatic rings. The molecule has 0 atom stereocenters. The van der Waals surface area contributed by atoms with Crippen molar-refractivity contribution in [3.63, 3.8) is 0 Å². The molecule has 4 rings (SSSR count). The van der Waals surface area contributed by atoms with E-state index in [0.29, 0.717) is 36.7 Å². The van der Waals surface area contributed by atoms with Gasteiger partial charge in [-0.05, 0) is 37.0 Å². The Bertz CT molecular complexity index is 994. The molecule has 29 heavy (non-hydrogen) atoms. The van der Waals surface area contributed by atoms with Gasteiger partial charge in [0, 0.05) is 23.7 Å². The van der Waals surface area contributed by atoms with E-state index in [-0.39, 0.29) is 18.5 Å². The standard InChI is InChI=1S/C21H22N4O3S/c1-2-28-21(27)25-10-8-15-16(11-22)20(29-18(15)12-25)23-19(26)13-24-9-7-14-5-3-4-6-17(14)24/h3-6H,2,7-10,12-13H2,1H3,(H,23,26). The summed E-state index contributed by atoms with van der Waals surface area (Å²) in [7, 11) is 0. The van der Waals surface area contributed by atoms with E-state index in [2.05, 4.69) is 22.4 Å². The van der Waals surface area contributed by atoms with E-state index in [0.717, 1.165) is 29.1 Å². The first kappa shape index (κ1) is 19.3. The smallest absolute Gasteiger partial charge is 0.410 e. The maximum Gasteiger partial charge on any atom is 0.410 e. The summed E-state index contributed by atoms with van der Waals surface area (Å²) in [5.41, 5.74) is 3.80. The molecule has 7 nitrogen and oxygen atoms in total. The number of carbonyl (C=O) groups is 2. The molecule has 2 amide bonds. The third-order valence-electron chi connectivity index (χ3n) is 5.27. The van der Waals surface area contributed by atoms with Gasteiger partial charge in [-0.3, -0.25) is 4.79 Å². The summed E-state index contributed by atoms with van der Waals surface area (Å²) in [6.45, 7) is 4.08. The Morgan fingerprint density at radius 3 is 2.90 bits per heavy atom. The number of para-hydroxylation sites is 1. The van der Waals surface area contributed by atoms with Crippen molar-refractivity contribution < 1.29 is 14.3 Å². The summed E-state index contributed by atoms with van der Waals surface area (Å²) < 4.78 is 5.08. The van der Waals surface area contributed by atoms with Gasteiger partial charge in [0.2, 0.25) is 5.91 Å². The summed E-state index contributed by atoms with van der Waals surface area (Å²) >= 11 is 1.38. The molecule has 0 bridgehead atoms. The van der Waals surface area contributed by atoms with Crippen molar-refractivity contribution in [1.29, 1.82) is 5.26 Å². The highest BCUT2D eigenvalue weighted by molar-refractivity contribution is 7.16. The van der Waals surface area contributed by atoms with E-state index in [1.807, 2.05) is 18.2 Å². The summed E-state index contributed by atoms with van der Waals surface area (Å²) in [5, 5.41) is 13.1. The van der Waals surface area contributed by atoms with Crippen LogP contribution in [-0.4, -0.2) is 43.1 Å². The molecule has 0 unspecified atom stereocenters. The number of hydrogen-bond acceptors (Lipinski definition) is 6. The van der Waals surface area contributed by atoms with Crippen LogP contribution >= 0.6 is 11.3 Å². The van der Waals surface area contributed by atoms with Crippen LogP contribution in [0, 0.1) is 11.3 Å². The van der Waals surface area contributed by atoms with Gasteiger partial charge in [-0.1, -0.05) is 18.2 Å². The molecule has 3 heterocycles. The van der Waals surface area contributed by atoms with Gasteiger partial charge in [-0.2, -0.15) is 5.26 Å². The highest BCUT2D eigenvalue weighted by Gasteiger charge is 2.28.